The average molecular weight is 587 g/mol. The monoisotopic (exact) mass is 585 g/mol. The van der Waals surface area contributed by atoms with E-state index in [1.807, 2.05) is 6.07 Å². The van der Waals surface area contributed by atoms with Crippen LogP contribution in [-0.2, 0) is 6.42 Å². The van der Waals surface area contributed by atoms with Gasteiger partial charge in [0.05, 0.1) is 34.2 Å². The Morgan fingerprint density at radius 3 is 2.73 bits per heavy atom. The number of rotatable bonds is 9. The zero-order chi connectivity index (χ0) is 26.5. The summed E-state index contributed by atoms with van der Waals surface area (Å²) < 4.78 is 13.2. The van der Waals surface area contributed by atoms with Crippen molar-refractivity contribution in [1.82, 2.24) is 14.6 Å². The van der Waals surface area contributed by atoms with Crippen LogP contribution < -0.4 is 15.0 Å². The van der Waals surface area contributed by atoms with Gasteiger partial charge < -0.3 is 9.47 Å². The van der Waals surface area contributed by atoms with Crippen LogP contribution in [-0.4, -0.2) is 32.9 Å². The van der Waals surface area contributed by atoms with E-state index in [2.05, 4.69) is 37.9 Å². The normalized spacial score (nSPS) is 11.2. The maximum Gasteiger partial charge on any atom is 0.287 e. The lowest BCUT2D eigenvalue weighted by Crippen LogP contribution is -2.22. The number of nitro groups is 1. The third kappa shape index (κ3) is 5.95. The second-order valence-corrected chi connectivity index (χ2v) is 9.23. The van der Waals surface area contributed by atoms with Crippen LogP contribution >= 0.6 is 27.5 Å². The summed E-state index contributed by atoms with van der Waals surface area (Å²) in [6.07, 6.45) is 4.96. The average Bonchev–Trinajstić information content (AvgIpc) is 2.89. The van der Waals surface area contributed by atoms with Crippen LogP contribution in [0.15, 0.2) is 63.0 Å². The maximum absolute atomic E-state index is 13.3. The number of pyridine rings is 1. The highest BCUT2D eigenvalue weighted by atomic mass is 79.9. The lowest BCUT2D eigenvalue weighted by molar-refractivity contribution is -0.385. The van der Waals surface area contributed by atoms with E-state index in [4.69, 9.17) is 21.1 Å². The number of methoxy groups -OCH3 is 1. The number of nitrogens with zero attached hydrogens (tertiary/aromatic N) is 5. The molecular weight excluding hydrogens is 566 g/mol. The van der Waals surface area contributed by atoms with Crippen LogP contribution in [0.1, 0.15) is 31.2 Å². The largest absolute Gasteiger partial charge is 0.493 e. The van der Waals surface area contributed by atoms with Gasteiger partial charge in [-0.05, 0) is 42.3 Å². The molecular formula is C25H21BrClN5O5. The Morgan fingerprint density at radius 2 is 2.05 bits per heavy atom. The fraction of sp³-hybridized carbons (Fsp3) is 0.200. The predicted molar refractivity (Wildman–Crippen MR) is 144 cm³/mol. The highest BCUT2D eigenvalue weighted by Gasteiger charge is 2.15. The summed E-state index contributed by atoms with van der Waals surface area (Å²) in [6, 6.07) is 11.2. The van der Waals surface area contributed by atoms with Gasteiger partial charge in [-0.15, -0.1) is 0 Å². The van der Waals surface area contributed by atoms with Crippen LogP contribution in [0.2, 0.25) is 5.02 Å². The maximum atomic E-state index is 13.3. The number of halogens is 2. The summed E-state index contributed by atoms with van der Waals surface area (Å²) in [6.45, 7) is 2.06. The molecule has 0 atom stereocenters. The Labute approximate surface area is 224 Å². The molecule has 10 nitrogen and oxygen atoms in total. The van der Waals surface area contributed by atoms with Crippen LogP contribution in [0, 0.1) is 10.1 Å². The lowest BCUT2D eigenvalue weighted by atomic mass is 10.2. The number of ether oxygens (including phenoxy) is 2. The van der Waals surface area contributed by atoms with Crippen LogP contribution in [0.4, 0.5) is 5.69 Å². The third-order valence-corrected chi connectivity index (χ3v) is 6.12. The summed E-state index contributed by atoms with van der Waals surface area (Å²) in [5, 5.41) is 15.9. The first-order valence-corrected chi connectivity index (χ1v) is 12.4. The summed E-state index contributed by atoms with van der Waals surface area (Å²) in [7, 11) is 1.45. The van der Waals surface area contributed by atoms with Gasteiger partial charge in [0.25, 0.3) is 11.2 Å². The van der Waals surface area contributed by atoms with Crippen LogP contribution in [0.5, 0.6) is 17.4 Å². The molecule has 190 valence electrons. The first-order valence-electron chi connectivity index (χ1n) is 11.2. The number of unbranched alkanes of at least 4 members (excludes halogenated alkanes) is 1. The van der Waals surface area contributed by atoms with E-state index in [9.17, 15) is 14.9 Å². The summed E-state index contributed by atoms with van der Waals surface area (Å²) in [5.41, 5.74) is 0.710. The second kappa shape index (κ2) is 11.5. The molecule has 0 saturated carbocycles. The minimum atomic E-state index is -0.554. The van der Waals surface area contributed by atoms with Gasteiger partial charge >= 0.3 is 0 Å². The van der Waals surface area contributed by atoms with Gasteiger partial charge in [0, 0.05) is 23.0 Å². The Kier molecular flexibility index (Phi) is 8.14. The van der Waals surface area contributed by atoms with E-state index in [1.165, 1.54) is 30.1 Å². The van der Waals surface area contributed by atoms with Gasteiger partial charge in [-0.3, -0.25) is 14.9 Å². The van der Waals surface area contributed by atoms with Crippen molar-refractivity contribution in [3.05, 3.63) is 90.0 Å². The molecule has 4 aromatic rings. The van der Waals surface area contributed by atoms with Gasteiger partial charge in [-0.2, -0.15) is 9.78 Å². The smallest absolute Gasteiger partial charge is 0.287 e. The third-order valence-electron chi connectivity index (χ3n) is 5.34. The molecule has 0 unspecified atom stereocenters. The molecule has 0 saturated heterocycles. The number of fused-ring (bicyclic) bond motifs is 1. The molecule has 2 aromatic heterocycles. The van der Waals surface area contributed by atoms with Crippen molar-refractivity contribution >= 4 is 50.3 Å². The van der Waals surface area contributed by atoms with Gasteiger partial charge in [0.2, 0.25) is 5.88 Å². The van der Waals surface area contributed by atoms with Gasteiger partial charge in [-0.25, -0.2) is 9.97 Å². The number of hydrogen-bond acceptors (Lipinski definition) is 8. The molecule has 0 aliphatic rings. The highest BCUT2D eigenvalue weighted by molar-refractivity contribution is 9.10. The molecule has 0 amide bonds. The van der Waals surface area contributed by atoms with Crippen molar-refractivity contribution in [2.24, 2.45) is 5.10 Å². The molecule has 0 bridgehead atoms. The topological polar surface area (TPSA) is 122 Å². The first kappa shape index (κ1) is 26.2. The van der Waals surface area contributed by atoms with E-state index < -0.39 is 4.92 Å². The fourth-order valence-corrected chi connectivity index (χ4v) is 4.11. The molecule has 4 rings (SSSR count). The molecule has 0 spiro atoms. The minimum absolute atomic E-state index is 0.104. The second-order valence-electron chi connectivity index (χ2n) is 7.90. The quantitative estimate of drug-likeness (QED) is 0.131. The van der Waals surface area contributed by atoms with E-state index in [0.717, 1.165) is 23.5 Å². The minimum Gasteiger partial charge on any atom is -0.493 e. The standard InChI is InChI=1S/C25H21BrClN5O5/c1-3-4-5-22-30-20-8-6-16(26)12-18(20)25(33)31(22)29-13-15-10-19(27)24(21(11-15)36-2)37-23-9-7-17(14-28-23)32(34)35/h6-14H,3-5H2,1-2H3. The van der Waals surface area contributed by atoms with Crippen molar-refractivity contribution in [3.63, 3.8) is 0 Å². The van der Waals surface area contributed by atoms with E-state index in [0.29, 0.717) is 28.7 Å². The molecule has 37 heavy (non-hydrogen) atoms. The Morgan fingerprint density at radius 1 is 1.24 bits per heavy atom. The molecule has 2 heterocycles. The highest BCUT2D eigenvalue weighted by Crippen LogP contribution is 2.38. The Balaban J connectivity index is 1.70. The molecule has 0 fully saturated rings. The zero-order valence-electron chi connectivity index (χ0n) is 19.9. The number of aryl methyl sites for hydroxylation is 1. The lowest BCUT2D eigenvalue weighted by Gasteiger charge is -2.12. The van der Waals surface area contributed by atoms with Crippen LogP contribution in [0.25, 0.3) is 10.9 Å². The summed E-state index contributed by atoms with van der Waals surface area (Å²) >= 11 is 9.87. The van der Waals surface area contributed by atoms with Crippen molar-refractivity contribution in [2.45, 2.75) is 26.2 Å². The molecule has 0 aliphatic heterocycles. The van der Waals surface area contributed by atoms with Gasteiger partial charge in [-0.1, -0.05) is 40.9 Å². The van der Waals surface area contributed by atoms with E-state index >= 15 is 0 Å². The molecule has 0 N–H and O–H groups in total. The Bertz CT molecular complexity index is 1560. The molecule has 2 aromatic carbocycles. The first-order chi connectivity index (χ1) is 17.8. The van der Waals surface area contributed by atoms with Gasteiger partial charge in [0.15, 0.2) is 11.5 Å². The molecule has 0 radical (unpaired) electrons. The summed E-state index contributed by atoms with van der Waals surface area (Å²) in [5.74, 6) is 1.13. The van der Waals surface area contributed by atoms with Crippen LogP contribution in [0.3, 0.4) is 0 Å². The van der Waals surface area contributed by atoms with Crippen molar-refractivity contribution in [1.29, 1.82) is 0 Å². The molecule has 12 heteroatoms. The predicted octanol–water partition coefficient (Wildman–Crippen LogP) is 6.14. The van der Waals surface area contributed by atoms with Crippen molar-refractivity contribution in [2.75, 3.05) is 7.11 Å². The van der Waals surface area contributed by atoms with E-state index in [-0.39, 0.29) is 33.6 Å². The summed E-state index contributed by atoms with van der Waals surface area (Å²) in [4.78, 5) is 32.2. The SMILES string of the molecule is CCCCc1nc2ccc(Br)cc2c(=O)n1N=Cc1cc(Cl)c(Oc2ccc([N+](=O)[O-])cn2)c(OC)c1. The van der Waals surface area contributed by atoms with Gasteiger partial charge in [0.1, 0.15) is 12.0 Å². The number of aromatic nitrogens is 3. The Hall–Kier alpha value is -3.83. The van der Waals surface area contributed by atoms with Crippen molar-refractivity contribution in [3.8, 4) is 17.4 Å². The molecule has 0 aliphatic carbocycles. The van der Waals surface area contributed by atoms with Crippen molar-refractivity contribution < 1.29 is 14.4 Å². The van der Waals surface area contributed by atoms with E-state index in [1.54, 1.807) is 24.3 Å². The number of benzene rings is 2. The fourth-order valence-electron chi connectivity index (χ4n) is 3.49. The number of hydrogen-bond donors (Lipinski definition) is 0. The zero-order valence-corrected chi connectivity index (χ0v) is 22.2.